The van der Waals surface area contributed by atoms with Crippen LogP contribution in [0.25, 0.3) is 11.1 Å². The minimum atomic E-state index is -0.462. The van der Waals surface area contributed by atoms with Crippen molar-refractivity contribution in [3.8, 4) is 11.1 Å². The van der Waals surface area contributed by atoms with Crippen LogP contribution in [0.4, 0.5) is 17.1 Å². The van der Waals surface area contributed by atoms with Gasteiger partial charge in [-0.1, -0.05) is 55.5 Å². The lowest BCUT2D eigenvalue weighted by molar-refractivity contribution is -0.384. The van der Waals surface area contributed by atoms with Gasteiger partial charge in [0.25, 0.3) is 11.6 Å². The van der Waals surface area contributed by atoms with E-state index < -0.39 is 4.92 Å². The molecule has 3 aromatic carbocycles. The van der Waals surface area contributed by atoms with Crippen LogP contribution in [0.5, 0.6) is 0 Å². The van der Waals surface area contributed by atoms with E-state index in [9.17, 15) is 14.9 Å². The molecule has 0 unspecified atom stereocenters. The smallest absolute Gasteiger partial charge is 0.270 e. The number of anilines is 2. The summed E-state index contributed by atoms with van der Waals surface area (Å²) in [5, 5.41) is 14.4. The largest absolute Gasteiger partial charge is 0.371 e. The minimum absolute atomic E-state index is 0.0874. The number of piperidine rings is 1. The zero-order valence-electron chi connectivity index (χ0n) is 17.5. The quantitative estimate of drug-likeness (QED) is 0.425. The Bertz CT molecular complexity index is 1090. The molecule has 4 rings (SSSR count). The first kappa shape index (κ1) is 20.6. The summed E-state index contributed by atoms with van der Waals surface area (Å²) < 4.78 is 0. The van der Waals surface area contributed by atoms with Gasteiger partial charge in [0.05, 0.1) is 16.2 Å². The van der Waals surface area contributed by atoms with Gasteiger partial charge in [-0.2, -0.15) is 0 Å². The summed E-state index contributed by atoms with van der Waals surface area (Å²) in [6, 6.07) is 22.0. The summed E-state index contributed by atoms with van der Waals surface area (Å²) in [5.74, 6) is 0.296. The van der Waals surface area contributed by atoms with Gasteiger partial charge in [0.2, 0.25) is 0 Å². The highest BCUT2D eigenvalue weighted by Gasteiger charge is 2.24. The van der Waals surface area contributed by atoms with Crippen molar-refractivity contribution in [2.75, 3.05) is 23.3 Å². The molecule has 1 saturated heterocycles. The highest BCUT2D eigenvalue weighted by Crippen LogP contribution is 2.32. The fraction of sp³-hybridized carbons (Fsp3) is 0.240. The molecule has 1 aliphatic rings. The van der Waals surface area contributed by atoms with Crippen molar-refractivity contribution in [1.29, 1.82) is 0 Å². The summed E-state index contributed by atoms with van der Waals surface area (Å²) >= 11 is 0. The Morgan fingerprint density at radius 3 is 2.39 bits per heavy atom. The van der Waals surface area contributed by atoms with Crippen molar-refractivity contribution >= 4 is 23.0 Å². The van der Waals surface area contributed by atoms with Gasteiger partial charge in [-0.15, -0.1) is 0 Å². The SMILES string of the molecule is CC1CCN(c2ccc([N+](=O)[O-])cc2C(=O)Nc2ccccc2-c2ccccc2)CC1. The number of amides is 1. The van der Waals surface area contributed by atoms with Crippen LogP contribution in [0.1, 0.15) is 30.1 Å². The molecule has 6 nitrogen and oxygen atoms in total. The van der Waals surface area contributed by atoms with E-state index in [0.29, 0.717) is 17.2 Å². The monoisotopic (exact) mass is 415 g/mol. The number of nitro groups is 1. The van der Waals surface area contributed by atoms with Crippen molar-refractivity contribution in [2.45, 2.75) is 19.8 Å². The second kappa shape index (κ2) is 9.00. The van der Waals surface area contributed by atoms with Crippen molar-refractivity contribution in [3.05, 3.63) is 88.5 Å². The fourth-order valence-electron chi connectivity index (χ4n) is 4.00. The van der Waals surface area contributed by atoms with Crippen LogP contribution < -0.4 is 10.2 Å². The standard InChI is InChI=1S/C25H25N3O3/c1-18-13-15-27(16-14-18)24-12-11-20(28(30)31)17-22(24)25(29)26-23-10-6-5-9-21(23)19-7-3-2-4-8-19/h2-12,17-18H,13-16H2,1H3,(H,26,29). The predicted molar refractivity (Wildman–Crippen MR) is 124 cm³/mol. The molecule has 0 aliphatic carbocycles. The third kappa shape index (κ3) is 4.58. The lowest BCUT2D eigenvalue weighted by Crippen LogP contribution is -2.34. The molecule has 0 saturated carbocycles. The molecular formula is C25H25N3O3. The normalized spacial score (nSPS) is 14.3. The average molecular weight is 415 g/mol. The molecule has 1 heterocycles. The van der Waals surface area contributed by atoms with E-state index in [1.165, 1.54) is 12.1 Å². The molecule has 1 amide bonds. The van der Waals surface area contributed by atoms with Crippen LogP contribution in [0.2, 0.25) is 0 Å². The minimum Gasteiger partial charge on any atom is -0.371 e. The number of para-hydroxylation sites is 1. The topological polar surface area (TPSA) is 75.5 Å². The average Bonchev–Trinajstić information content (AvgIpc) is 2.80. The van der Waals surface area contributed by atoms with Crippen LogP contribution in [0.15, 0.2) is 72.8 Å². The first-order valence-corrected chi connectivity index (χ1v) is 10.5. The number of hydrogen-bond donors (Lipinski definition) is 1. The molecule has 31 heavy (non-hydrogen) atoms. The van der Waals surface area contributed by atoms with E-state index in [-0.39, 0.29) is 11.6 Å². The molecule has 0 aromatic heterocycles. The van der Waals surface area contributed by atoms with Crippen molar-refractivity contribution in [1.82, 2.24) is 0 Å². The molecule has 0 radical (unpaired) electrons. The van der Waals surface area contributed by atoms with Gasteiger partial charge >= 0.3 is 0 Å². The van der Waals surface area contributed by atoms with Gasteiger partial charge in [-0.3, -0.25) is 14.9 Å². The summed E-state index contributed by atoms with van der Waals surface area (Å²) in [7, 11) is 0. The summed E-state index contributed by atoms with van der Waals surface area (Å²) in [5.41, 5.74) is 3.54. The highest BCUT2D eigenvalue weighted by molar-refractivity contribution is 6.10. The van der Waals surface area contributed by atoms with Gasteiger partial charge in [-0.05, 0) is 36.5 Å². The number of nitrogens with one attached hydrogen (secondary N) is 1. The van der Waals surface area contributed by atoms with Crippen molar-refractivity contribution in [2.24, 2.45) is 5.92 Å². The Labute approximate surface area is 181 Å². The number of carbonyl (C=O) groups is 1. The van der Waals surface area contributed by atoms with E-state index in [0.717, 1.165) is 42.7 Å². The molecule has 1 N–H and O–H groups in total. The third-order valence-electron chi connectivity index (χ3n) is 5.82. The zero-order valence-corrected chi connectivity index (χ0v) is 17.5. The molecule has 0 atom stereocenters. The third-order valence-corrected chi connectivity index (χ3v) is 5.82. The molecule has 1 fully saturated rings. The molecule has 1 aliphatic heterocycles. The number of hydrogen-bond acceptors (Lipinski definition) is 4. The number of carbonyl (C=O) groups excluding carboxylic acids is 1. The maximum absolute atomic E-state index is 13.3. The lowest BCUT2D eigenvalue weighted by atomic mass is 9.97. The van der Waals surface area contributed by atoms with Crippen LogP contribution in [-0.2, 0) is 0 Å². The Balaban J connectivity index is 1.69. The Morgan fingerprint density at radius 1 is 1.00 bits per heavy atom. The van der Waals surface area contributed by atoms with E-state index in [2.05, 4.69) is 17.1 Å². The van der Waals surface area contributed by atoms with Gasteiger partial charge in [0, 0.05) is 36.5 Å². The number of non-ortho nitro benzene ring substituents is 1. The van der Waals surface area contributed by atoms with Crippen molar-refractivity contribution < 1.29 is 9.72 Å². The number of nitro benzene ring substituents is 1. The Morgan fingerprint density at radius 2 is 1.68 bits per heavy atom. The van der Waals surface area contributed by atoms with Crippen LogP contribution >= 0.6 is 0 Å². The van der Waals surface area contributed by atoms with E-state index in [4.69, 9.17) is 0 Å². The first-order chi connectivity index (χ1) is 15.0. The van der Waals surface area contributed by atoms with Gasteiger partial charge in [-0.25, -0.2) is 0 Å². The Hall–Kier alpha value is -3.67. The molecule has 158 valence electrons. The van der Waals surface area contributed by atoms with Crippen LogP contribution in [-0.4, -0.2) is 23.9 Å². The van der Waals surface area contributed by atoms with E-state index in [1.807, 2.05) is 54.6 Å². The summed E-state index contributed by atoms with van der Waals surface area (Å²) in [6.07, 6.45) is 2.07. The zero-order chi connectivity index (χ0) is 21.8. The maximum atomic E-state index is 13.3. The molecule has 3 aromatic rings. The lowest BCUT2D eigenvalue weighted by Gasteiger charge is -2.33. The van der Waals surface area contributed by atoms with Crippen molar-refractivity contribution in [3.63, 3.8) is 0 Å². The predicted octanol–water partition coefficient (Wildman–Crippen LogP) is 5.75. The molecule has 6 heteroatoms. The number of rotatable bonds is 5. The van der Waals surface area contributed by atoms with E-state index >= 15 is 0 Å². The van der Waals surface area contributed by atoms with Gasteiger partial charge < -0.3 is 10.2 Å². The summed E-state index contributed by atoms with van der Waals surface area (Å²) in [4.78, 5) is 26.4. The van der Waals surface area contributed by atoms with E-state index in [1.54, 1.807) is 6.07 Å². The number of benzene rings is 3. The fourth-order valence-corrected chi connectivity index (χ4v) is 4.00. The second-order valence-electron chi connectivity index (χ2n) is 7.99. The second-order valence-corrected chi connectivity index (χ2v) is 7.99. The summed E-state index contributed by atoms with van der Waals surface area (Å²) in [6.45, 7) is 3.89. The molecule has 0 spiro atoms. The Kier molecular flexibility index (Phi) is 5.98. The van der Waals surface area contributed by atoms with Gasteiger partial charge in [0.1, 0.15) is 0 Å². The molecular weight excluding hydrogens is 390 g/mol. The van der Waals surface area contributed by atoms with Gasteiger partial charge in [0.15, 0.2) is 0 Å². The molecule has 0 bridgehead atoms. The maximum Gasteiger partial charge on any atom is 0.270 e. The number of nitrogens with zero attached hydrogens (tertiary/aromatic N) is 2. The van der Waals surface area contributed by atoms with Crippen LogP contribution in [0.3, 0.4) is 0 Å². The first-order valence-electron chi connectivity index (χ1n) is 10.5. The van der Waals surface area contributed by atoms with Crippen LogP contribution in [0, 0.1) is 16.0 Å². The highest BCUT2D eigenvalue weighted by atomic mass is 16.6.